The second kappa shape index (κ2) is 6.74. The Labute approximate surface area is 101 Å². The molecule has 0 fully saturated rings. The van der Waals surface area contributed by atoms with Gasteiger partial charge in [-0.2, -0.15) is 0 Å². The number of hydrazine groups is 1. The summed E-state index contributed by atoms with van der Waals surface area (Å²) in [4.78, 5) is 0. The van der Waals surface area contributed by atoms with Crippen molar-refractivity contribution in [1.82, 2.24) is 10.7 Å². The van der Waals surface area contributed by atoms with Gasteiger partial charge in [0.05, 0.1) is 0 Å². The number of nitrogens with one attached hydrogen (secondary N) is 3. The van der Waals surface area contributed by atoms with Crippen molar-refractivity contribution < 1.29 is 5.10 Å². The Hall–Kier alpha value is -1.68. The Balaban J connectivity index is 2.42. The third-order valence-corrected chi connectivity index (χ3v) is 2.12. The molecule has 3 nitrogen and oxygen atoms in total. The Morgan fingerprint density at radius 2 is 2.38 bits per heavy atom. The molecule has 0 aliphatic carbocycles. The molecular formula is C12H16N3S+. The SMILES string of the molecule is C=CCNC(=S)N[NH+]=Cc1cccc(C)c1. The van der Waals surface area contributed by atoms with Crippen molar-refractivity contribution >= 4 is 23.5 Å². The average molecular weight is 234 g/mol. The molecule has 0 aliphatic heterocycles. The molecule has 3 N–H and O–H groups in total. The minimum absolute atomic E-state index is 0.545. The lowest BCUT2D eigenvalue weighted by molar-refractivity contribution is -0.500. The minimum Gasteiger partial charge on any atom is -0.355 e. The van der Waals surface area contributed by atoms with Gasteiger partial charge in [-0.15, -0.1) is 17.1 Å². The number of hydrogen-bond donors (Lipinski definition) is 3. The van der Waals surface area contributed by atoms with Crippen molar-refractivity contribution in [2.75, 3.05) is 6.54 Å². The summed E-state index contributed by atoms with van der Waals surface area (Å²) in [5.41, 5.74) is 5.17. The molecule has 0 bridgehead atoms. The first kappa shape index (κ1) is 12.4. The summed E-state index contributed by atoms with van der Waals surface area (Å²) in [7, 11) is 0. The zero-order valence-electron chi connectivity index (χ0n) is 9.29. The fourth-order valence-electron chi connectivity index (χ4n) is 1.15. The molecule has 16 heavy (non-hydrogen) atoms. The summed E-state index contributed by atoms with van der Waals surface area (Å²) in [5, 5.41) is 6.42. The third kappa shape index (κ3) is 4.70. The lowest BCUT2D eigenvalue weighted by Crippen LogP contribution is -2.82. The topological polar surface area (TPSA) is 38.0 Å². The van der Waals surface area contributed by atoms with Crippen LogP contribution in [-0.4, -0.2) is 17.9 Å². The highest BCUT2D eigenvalue weighted by Gasteiger charge is 1.94. The molecular weight excluding hydrogens is 218 g/mol. The van der Waals surface area contributed by atoms with Crippen LogP contribution in [0.5, 0.6) is 0 Å². The second-order valence-corrected chi connectivity index (χ2v) is 3.73. The van der Waals surface area contributed by atoms with Gasteiger partial charge in [-0.3, -0.25) is 0 Å². The van der Waals surface area contributed by atoms with Crippen molar-refractivity contribution in [3.8, 4) is 0 Å². The van der Waals surface area contributed by atoms with Crippen LogP contribution in [0, 0.1) is 6.92 Å². The number of hydrogen-bond acceptors (Lipinski definition) is 1. The van der Waals surface area contributed by atoms with Crippen molar-refractivity contribution in [2.24, 2.45) is 0 Å². The van der Waals surface area contributed by atoms with E-state index in [-0.39, 0.29) is 0 Å². The zero-order chi connectivity index (χ0) is 11.8. The lowest BCUT2D eigenvalue weighted by atomic mass is 10.2. The van der Waals surface area contributed by atoms with Crippen LogP contribution >= 0.6 is 12.2 Å². The Morgan fingerprint density at radius 1 is 1.56 bits per heavy atom. The molecule has 0 heterocycles. The summed E-state index contributed by atoms with van der Waals surface area (Å²) in [6.07, 6.45) is 3.60. The maximum absolute atomic E-state index is 5.01. The van der Waals surface area contributed by atoms with Crippen molar-refractivity contribution in [1.29, 1.82) is 0 Å². The predicted molar refractivity (Wildman–Crippen MR) is 71.2 cm³/mol. The van der Waals surface area contributed by atoms with Crippen LogP contribution in [0.1, 0.15) is 11.1 Å². The van der Waals surface area contributed by atoms with E-state index in [4.69, 9.17) is 12.2 Å². The van der Waals surface area contributed by atoms with Gasteiger partial charge in [-0.1, -0.05) is 23.8 Å². The van der Waals surface area contributed by atoms with E-state index in [1.54, 1.807) is 6.08 Å². The molecule has 0 amide bonds. The third-order valence-electron chi connectivity index (χ3n) is 1.87. The molecule has 0 atom stereocenters. The molecule has 0 aromatic heterocycles. The van der Waals surface area contributed by atoms with Crippen LogP contribution < -0.4 is 15.8 Å². The van der Waals surface area contributed by atoms with Crippen LogP contribution in [0.3, 0.4) is 0 Å². The predicted octanol–water partition coefficient (Wildman–Crippen LogP) is 0.0596. The van der Waals surface area contributed by atoms with E-state index in [1.807, 2.05) is 18.3 Å². The van der Waals surface area contributed by atoms with Gasteiger partial charge >= 0.3 is 0 Å². The van der Waals surface area contributed by atoms with Crippen LogP contribution in [0.25, 0.3) is 0 Å². The molecule has 0 unspecified atom stereocenters. The van der Waals surface area contributed by atoms with Crippen molar-refractivity contribution in [3.05, 3.63) is 48.0 Å². The zero-order valence-corrected chi connectivity index (χ0v) is 10.1. The van der Waals surface area contributed by atoms with E-state index < -0.39 is 0 Å². The van der Waals surface area contributed by atoms with E-state index in [0.717, 1.165) is 5.56 Å². The molecule has 0 saturated heterocycles. The molecule has 0 spiro atoms. The van der Waals surface area contributed by atoms with Crippen LogP contribution in [0.15, 0.2) is 36.9 Å². The maximum atomic E-state index is 5.01. The fraction of sp³-hybridized carbons (Fsp3) is 0.167. The van der Waals surface area contributed by atoms with Crippen molar-refractivity contribution in [2.45, 2.75) is 6.92 Å². The van der Waals surface area contributed by atoms with Gasteiger partial charge in [-0.25, -0.2) is 0 Å². The van der Waals surface area contributed by atoms with E-state index in [9.17, 15) is 0 Å². The van der Waals surface area contributed by atoms with Crippen LogP contribution in [0.2, 0.25) is 0 Å². The number of benzene rings is 1. The van der Waals surface area contributed by atoms with E-state index in [0.29, 0.717) is 11.7 Å². The largest absolute Gasteiger partial charge is 0.355 e. The van der Waals surface area contributed by atoms with Crippen LogP contribution in [-0.2, 0) is 0 Å². The molecule has 0 radical (unpaired) electrons. The number of thiocarbonyl (C=S) groups is 1. The molecule has 0 saturated carbocycles. The quantitative estimate of drug-likeness (QED) is 0.298. The smallest absolute Gasteiger partial charge is 0.224 e. The maximum Gasteiger partial charge on any atom is 0.224 e. The van der Waals surface area contributed by atoms with Gasteiger partial charge in [0, 0.05) is 12.1 Å². The summed E-state index contributed by atoms with van der Waals surface area (Å²) in [6, 6.07) is 8.16. The minimum atomic E-state index is 0.545. The van der Waals surface area contributed by atoms with E-state index >= 15 is 0 Å². The monoisotopic (exact) mass is 234 g/mol. The Kier molecular flexibility index (Phi) is 5.22. The number of rotatable bonds is 4. The molecule has 1 aromatic carbocycles. The summed E-state index contributed by atoms with van der Waals surface area (Å²) >= 11 is 5.01. The van der Waals surface area contributed by atoms with Gasteiger partial charge in [0.1, 0.15) is 0 Å². The molecule has 1 aromatic rings. The number of hydrazone groups is 1. The fourth-order valence-corrected chi connectivity index (χ4v) is 1.30. The molecule has 84 valence electrons. The van der Waals surface area contributed by atoms with Crippen molar-refractivity contribution in [3.63, 3.8) is 0 Å². The highest BCUT2D eigenvalue weighted by molar-refractivity contribution is 7.80. The first-order chi connectivity index (χ1) is 7.72. The summed E-state index contributed by atoms with van der Waals surface area (Å²) < 4.78 is 0. The Morgan fingerprint density at radius 3 is 3.06 bits per heavy atom. The van der Waals surface area contributed by atoms with Gasteiger partial charge in [0.25, 0.3) is 0 Å². The number of aryl methyl sites for hydroxylation is 1. The Bertz CT molecular complexity index is 399. The highest BCUT2D eigenvalue weighted by Crippen LogP contribution is 1.99. The van der Waals surface area contributed by atoms with Gasteiger partial charge in [0.15, 0.2) is 6.21 Å². The van der Waals surface area contributed by atoms with Gasteiger partial charge in [0.2, 0.25) is 5.11 Å². The standard InChI is InChI=1S/C12H15N3S/c1-3-7-13-12(16)15-14-9-11-6-4-5-10(2)8-11/h3-6,8-9H,1,7H2,2H3,(H2,13,15,16)/p+1. The van der Waals surface area contributed by atoms with E-state index in [2.05, 4.69) is 41.5 Å². The molecule has 0 aliphatic rings. The second-order valence-electron chi connectivity index (χ2n) is 3.33. The van der Waals surface area contributed by atoms with Gasteiger partial charge in [-0.05, 0) is 31.3 Å². The first-order valence-electron chi connectivity index (χ1n) is 5.02. The molecule has 4 heteroatoms. The van der Waals surface area contributed by atoms with E-state index in [1.165, 1.54) is 5.56 Å². The average Bonchev–Trinajstić information content (AvgIpc) is 2.26. The molecule has 1 rings (SSSR count). The summed E-state index contributed by atoms with van der Waals surface area (Å²) in [5.74, 6) is 0. The summed E-state index contributed by atoms with van der Waals surface area (Å²) in [6.45, 7) is 6.30. The van der Waals surface area contributed by atoms with Gasteiger partial charge < -0.3 is 5.32 Å². The lowest BCUT2D eigenvalue weighted by Gasteiger charge is -1.99. The highest BCUT2D eigenvalue weighted by atomic mass is 32.1. The first-order valence-corrected chi connectivity index (χ1v) is 5.43. The van der Waals surface area contributed by atoms with Crippen LogP contribution in [0.4, 0.5) is 0 Å². The normalized spacial score (nSPS) is 10.1.